The fourth-order valence-electron chi connectivity index (χ4n) is 5.74. The quantitative estimate of drug-likeness (QED) is 0.757. The molecule has 7 atom stereocenters. The van der Waals surface area contributed by atoms with Crippen molar-refractivity contribution in [2.45, 2.75) is 37.1 Å². The van der Waals surface area contributed by atoms with Gasteiger partial charge in [0.1, 0.15) is 17.1 Å². The van der Waals surface area contributed by atoms with Crippen molar-refractivity contribution < 1.29 is 23.5 Å². The molecule has 2 aromatic rings. The molecular weight excluding hydrogens is 406 g/mol. The van der Waals surface area contributed by atoms with E-state index >= 15 is 0 Å². The molecule has 3 saturated heterocycles. The Morgan fingerprint density at radius 1 is 1.40 bits per heavy atom. The summed E-state index contributed by atoms with van der Waals surface area (Å²) < 4.78 is 11.9. The summed E-state index contributed by atoms with van der Waals surface area (Å²) in [4.78, 5) is 45.6. The molecule has 2 aromatic heterocycles. The Kier molecular flexibility index (Phi) is 3.67. The Morgan fingerprint density at radius 3 is 3.00 bits per heavy atom. The van der Waals surface area contributed by atoms with Crippen LogP contribution in [0.25, 0.3) is 0 Å². The molecule has 1 N–H and O–H groups in total. The maximum Gasteiger partial charge on any atom is 0.233 e. The van der Waals surface area contributed by atoms with Crippen molar-refractivity contribution in [1.82, 2.24) is 9.88 Å². The molecule has 0 saturated carbocycles. The van der Waals surface area contributed by atoms with Crippen LogP contribution in [0.1, 0.15) is 25.1 Å². The summed E-state index contributed by atoms with van der Waals surface area (Å²) in [6.45, 7) is 1.84. The molecule has 30 heavy (non-hydrogen) atoms. The number of piperidine rings is 1. The summed E-state index contributed by atoms with van der Waals surface area (Å²) in [5, 5.41) is 5.08. The molecule has 9 heteroatoms. The third-order valence-electron chi connectivity index (χ3n) is 6.92. The molecule has 4 aliphatic heterocycles. The lowest BCUT2D eigenvalue weighted by atomic mass is 9.70. The highest BCUT2D eigenvalue weighted by Crippen LogP contribution is 2.59. The zero-order chi connectivity index (χ0) is 20.6. The predicted octanol–water partition coefficient (Wildman–Crippen LogP) is 2.18. The van der Waals surface area contributed by atoms with E-state index in [-0.39, 0.29) is 24.0 Å². The molecule has 3 fully saturated rings. The second-order valence-corrected chi connectivity index (χ2v) is 9.20. The van der Waals surface area contributed by atoms with E-state index in [1.807, 2.05) is 19.1 Å². The third kappa shape index (κ3) is 2.19. The summed E-state index contributed by atoms with van der Waals surface area (Å²) >= 11 is 1.32. The minimum absolute atomic E-state index is 0.0663. The summed E-state index contributed by atoms with van der Waals surface area (Å²) in [6, 6.07) is 2.58. The van der Waals surface area contributed by atoms with E-state index in [1.165, 1.54) is 11.3 Å². The first-order valence-electron chi connectivity index (χ1n) is 9.97. The van der Waals surface area contributed by atoms with Gasteiger partial charge in [0.25, 0.3) is 0 Å². The SMILES string of the molecule is C[C@H]1C(=O)C[C@H](c2ccco2)N2C(=O)[C@H]3[C@@H](C(=O)Nc4nccs4)[C@H]4C=C[C@@]3(O4)[C@@H]12. The van der Waals surface area contributed by atoms with Crippen LogP contribution >= 0.6 is 11.3 Å². The van der Waals surface area contributed by atoms with Crippen molar-refractivity contribution in [3.8, 4) is 0 Å². The fraction of sp³-hybridized carbons (Fsp3) is 0.429. The molecule has 0 aliphatic carbocycles. The van der Waals surface area contributed by atoms with Crippen molar-refractivity contribution in [3.63, 3.8) is 0 Å². The second kappa shape index (κ2) is 6.12. The van der Waals surface area contributed by atoms with E-state index in [9.17, 15) is 14.4 Å². The Labute approximate surface area is 175 Å². The largest absolute Gasteiger partial charge is 0.467 e. The zero-order valence-corrected chi connectivity index (χ0v) is 16.9. The van der Waals surface area contributed by atoms with Crippen molar-refractivity contribution in [1.29, 1.82) is 0 Å². The van der Waals surface area contributed by atoms with Crippen LogP contribution < -0.4 is 5.32 Å². The fourth-order valence-corrected chi connectivity index (χ4v) is 6.27. The van der Waals surface area contributed by atoms with Gasteiger partial charge in [-0.3, -0.25) is 14.4 Å². The van der Waals surface area contributed by atoms with E-state index in [0.29, 0.717) is 10.9 Å². The Hall–Kier alpha value is -2.78. The number of aromatic nitrogens is 1. The Bertz CT molecular complexity index is 1060. The lowest BCUT2D eigenvalue weighted by molar-refractivity contribution is -0.147. The van der Waals surface area contributed by atoms with E-state index < -0.39 is 41.5 Å². The van der Waals surface area contributed by atoms with E-state index in [1.54, 1.807) is 34.9 Å². The minimum atomic E-state index is -0.979. The second-order valence-electron chi connectivity index (χ2n) is 8.31. The van der Waals surface area contributed by atoms with Gasteiger partial charge in [0, 0.05) is 23.9 Å². The van der Waals surface area contributed by atoms with Gasteiger partial charge in [0.15, 0.2) is 5.13 Å². The van der Waals surface area contributed by atoms with Gasteiger partial charge < -0.3 is 19.4 Å². The number of carbonyl (C=O) groups excluding carboxylic acids is 3. The van der Waals surface area contributed by atoms with Crippen LogP contribution in [0.4, 0.5) is 5.13 Å². The molecule has 1 spiro atoms. The Morgan fingerprint density at radius 2 is 2.27 bits per heavy atom. The van der Waals surface area contributed by atoms with Crippen LogP contribution in [0.2, 0.25) is 0 Å². The molecule has 154 valence electrons. The van der Waals surface area contributed by atoms with Crippen LogP contribution in [0, 0.1) is 17.8 Å². The van der Waals surface area contributed by atoms with Crippen molar-refractivity contribution >= 4 is 34.1 Å². The molecule has 8 nitrogen and oxygen atoms in total. The van der Waals surface area contributed by atoms with Crippen molar-refractivity contribution in [3.05, 3.63) is 47.9 Å². The highest BCUT2D eigenvalue weighted by molar-refractivity contribution is 7.13. The van der Waals surface area contributed by atoms with Gasteiger partial charge in [-0.1, -0.05) is 19.1 Å². The lowest BCUT2D eigenvalue weighted by Crippen LogP contribution is -2.55. The monoisotopic (exact) mass is 425 g/mol. The maximum atomic E-state index is 13.7. The number of nitrogens with zero attached hydrogens (tertiary/aromatic N) is 2. The molecule has 0 unspecified atom stereocenters. The number of ketones is 1. The van der Waals surface area contributed by atoms with Gasteiger partial charge >= 0.3 is 0 Å². The molecule has 0 aromatic carbocycles. The summed E-state index contributed by atoms with van der Waals surface area (Å²) in [6.07, 6.45) is 6.61. The van der Waals surface area contributed by atoms with Gasteiger partial charge in [-0.2, -0.15) is 0 Å². The Balaban J connectivity index is 1.41. The zero-order valence-electron chi connectivity index (χ0n) is 16.1. The van der Waals surface area contributed by atoms with Crippen molar-refractivity contribution in [2.24, 2.45) is 17.8 Å². The van der Waals surface area contributed by atoms with E-state index in [4.69, 9.17) is 9.15 Å². The highest BCUT2D eigenvalue weighted by atomic mass is 32.1. The number of anilines is 1. The molecular formula is C21H19N3O5S. The van der Waals surface area contributed by atoms with Gasteiger partial charge in [-0.25, -0.2) is 4.98 Å². The number of furan rings is 1. The minimum Gasteiger partial charge on any atom is -0.467 e. The first-order valence-corrected chi connectivity index (χ1v) is 10.8. The smallest absolute Gasteiger partial charge is 0.233 e. The highest BCUT2D eigenvalue weighted by Gasteiger charge is 2.74. The first-order chi connectivity index (χ1) is 14.5. The number of carbonyl (C=O) groups is 3. The number of Topliss-reactive ketones (excluding diaryl/α,β-unsaturated/α-hetero) is 1. The molecule has 2 amide bonds. The topological polar surface area (TPSA) is 102 Å². The van der Waals surface area contributed by atoms with E-state index in [0.717, 1.165) is 0 Å². The average Bonchev–Trinajstić information content (AvgIpc) is 3.52. The molecule has 2 bridgehead atoms. The lowest BCUT2D eigenvalue weighted by Gasteiger charge is -2.43. The third-order valence-corrected chi connectivity index (χ3v) is 7.61. The number of hydrogen-bond acceptors (Lipinski definition) is 7. The number of rotatable bonds is 3. The first kappa shape index (κ1) is 18.0. The van der Waals surface area contributed by atoms with Crippen LogP contribution in [0.5, 0.6) is 0 Å². The molecule has 6 rings (SSSR count). The summed E-state index contributed by atoms with van der Waals surface area (Å²) in [7, 11) is 0. The van der Waals surface area contributed by atoms with Crippen LogP contribution in [0.3, 0.4) is 0 Å². The number of ether oxygens (including phenoxy) is 1. The number of fused-ring (bicyclic) bond motifs is 2. The summed E-state index contributed by atoms with van der Waals surface area (Å²) in [5.41, 5.74) is -0.979. The van der Waals surface area contributed by atoms with Gasteiger partial charge in [0.2, 0.25) is 11.8 Å². The van der Waals surface area contributed by atoms with Crippen LogP contribution in [0.15, 0.2) is 46.5 Å². The van der Waals surface area contributed by atoms with Crippen LogP contribution in [-0.4, -0.2) is 45.2 Å². The number of hydrogen-bond donors (Lipinski definition) is 1. The summed E-state index contributed by atoms with van der Waals surface area (Å²) in [5.74, 6) is -1.54. The predicted molar refractivity (Wildman–Crippen MR) is 105 cm³/mol. The van der Waals surface area contributed by atoms with Crippen molar-refractivity contribution in [2.75, 3.05) is 5.32 Å². The average molecular weight is 425 g/mol. The molecule has 6 heterocycles. The van der Waals surface area contributed by atoms with Gasteiger partial charge in [0.05, 0.1) is 36.3 Å². The standard InChI is InChI=1S/C21H19N3O5S/c1-10-12(25)9-11(13-3-2-7-28-13)24-17(10)21-5-4-14(29-21)15(16(21)19(24)27)18(26)23-20-22-6-8-30-20/h2-8,10-11,14-17H,9H2,1H3,(H,22,23,26)/t10-,11+,14+,15-,16+,17+,21-/m0/s1. The maximum absolute atomic E-state index is 13.7. The van der Waals surface area contributed by atoms with Gasteiger partial charge in [-0.15, -0.1) is 11.3 Å². The molecule has 0 radical (unpaired) electrons. The van der Waals surface area contributed by atoms with E-state index in [2.05, 4.69) is 10.3 Å². The molecule has 4 aliphatic rings. The number of thiazole rings is 1. The number of amides is 2. The van der Waals surface area contributed by atoms with Crippen LogP contribution in [-0.2, 0) is 19.1 Å². The normalized spacial score (nSPS) is 38.8. The number of nitrogens with one attached hydrogen (secondary N) is 1. The van der Waals surface area contributed by atoms with Gasteiger partial charge in [-0.05, 0) is 12.1 Å².